The molecular weight excluding hydrogens is 218 g/mol. The van der Waals surface area contributed by atoms with Gasteiger partial charge in [-0.1, -0.05) is 6.92 Å². The van der Waals surface area contributed by atoms with E-state index >= 15 is 0 Å². The zero-order valence-corrected chi connectivity index (χ0v) is 11.0. The number of piperazine rings is 1. The number of aryl methyl sites for hydroxylation is 1. The number of nitrogens with one attached hydrogen (secondary N) is 1. The van der Waals surface area contributed by atoms with Crippen molar-refractivity contribution in [3.05, 3.63) is 16.1 Å². The zero-order chi connectivity index (χ0) is 11.4. The van der Waals surface area contributed by atoms with Crippen molar-refractivity contribution >= 4 is 11.3 Å². The van der Waals surface area contributed by atoms with Crippen LogP contribution in [0.2, 0.25) is 0 Å². The van der Waals surface area contributed by atoms with Gasteiger partial charge in [0.2, 0.25) is 0 Å². The van der Waals surface area contributed by atoms with Gasteiger partial charge in [0.15, 0.2) is 0 Å². The van der Waals surface area contributed by atoms with Crippen LogP contribution in [-0.2, 0) is 12.8 Å². The molecular formula is C12H21N3S. The van der Waals surface area contributed by atoms with Gasteiger partial charge in [-0.05, 0) is 19.9 Å². The normalized spacial score (nSPS) is 22.5. The van der Waals surface area contributed by atoms with E-state index in [-0.39, 0.29) is 0 Å². The summed E-state index contributed by atoms with van der Waals surface area (Å²) >= 11 is 1.81. The van der Waals surface area contributed by atoms with E-state index in [0.717, 1.165) is 32.5 Å². The number of likely N-dealkylation sites (N-methyl/N-ethyl adjacent to an activating group) is 1. The molecule has 2 rings (SSSR count). The third kappa shape index (κ3) is 3.27. The highest BCUT2D eigenvalue weighted by Gasteiger charge is 2.17. The molecule has 0 amide bonds. The van der Waals surface area contributed by atoms with Crippen LogP contribution in [0.3, 0.4) is 0 Å². The summed E-state index contributed by atoms with van der Waals surface area (Å²) in [5.74, 6) is 0. The van der Waals surface area contributed by atoms with Gasteiger partial charge in [-0.2, -0.15) is 0 Å². The van der Waals surface area contributed by atoms with Crippen LogP contribution in [0.4, 0.5) is 0 Å². The van der Waals surface area contributed by atoms with E-state index in [4.69, 9.17) is 0 Å². The zero-order valence-electron chi connectivity index (χ0n) is 10.2. The van der Waals surface area contributed by atoms with Crippen molar-refractivity contribution < 1.29 is 0 Å². The standard InChI is InChI=1S/C12H21N3S/c1-3-4-12-14-11(9-16-12)7-10-8-15(2)6-5-13-10/h9-10,13H,3-8H2,1-2H3. The van der Waals surface area contributed by atoms with Crippen LogP contribution in [0.1, 0.15) is 24.0 Å². The second kappa shape index (κ2) is 5.75. The molecule has 1 aliphatic heterocycles. The van der Waals surface area contributed by atoms with Gasteiger partial charge >= 0.3 is 0 Å². The minimum atomic E-state index is 0.579. The molecule has 1 aromatic rings. The summed E-state index contributed by atoms with van der Waals surface area (Å²) in [5.41, 5.74) is 1.27. The summed E-state index contributed by atoms with van der Waals surface area (Å²) < 4.78 is 0. The first kappa shape index (κ1) is 12.0. The molecule has 1 saturated heterocycles. The summed E-state index contributed by atoms with van der Waals surface area (Å²) in [5, 5.41) is 7.08. The number of thiazole rings is 1. The molecule has 4 heteroatoms. The minimum Gasteiger partial charge on any atom is -0.311 e. The third-order valence-corrected chi connectivity index (χ3v) is 3.93. The van der Waals surface area contributed by atoms with Crippen molar-refractivity contribution in [1.29, 1.82) is 0 Å². The average Bonchev–Trinajstić information content (AvgIpc) is 2.66. The molecule has 0 aliphatic carbocycles. The number of aromatic nitrogens is 1. The van der Waals surface area contributed by atoms with Crippen molar-refractivity contribution in [3.63, 3.8) is 0 Å². The Hall–Kier alpha value is -0.450. The van der Waals surface area contributed by atoms with Crippen molar-refractivity contribution in [2.75, 3.05) is 26.7 Å². The van der Waals surface area contributed by atoms with Crippen molar-refractivity contribution in [1.82, 2.24) is 15.2 Å². The predicted molar refractivity (Wildman–Crippen MR) is 69.1 cm³/mol. The molecule has 0 spiro atoms. The Morgan fingerprint density at radius 1 is 1.62 bits per heavy atom. The second-order valence-corrected chi connectivity index (χ2v) is 5.54. The van der Waals surface area contributed by atoms with Gasteiger partial charge in [0, 0.05) is 37.5 Å². The highest BCUT2D eigenvalue weighted by Crippen LogP contribution is 2.14. The first-order valence-corrected chi connectivity index (χ1v) is 7.01. The van der Waals surface area contributed by atoms with Crippen molar-refractivity contribution in [2.45, 2.75) is 32.2 Å². The molecule has 2 heterocycles. The van der Waals surface area contributed by atoms with Gasteiger partial charge in [-0.25, -0.2) is 4.98 Å². The van der Waals surface area contributed by atoms with Gasteiger partial charge in [0.1, 0.15) is 0 Å². The molecule has 0 saturated carbocycles. The topological polar surface area (TPSA) is 28.2 Å². The number of nitrogens with zero attached hydrogens (tertiary/aromatic N) is 2. The smallest absolute Gasteiger partial charge is 0.0928 e. The number of hydrogen-bond acceptors (Lipinski definition) is 4. The van der Waals surface area contributed by atoms with Crippen LogP contribution >= 0.6 is 11.3 Å². The molecule has 1 fully saturated rings. The van der Waals surface area contributed by atoms with E-state index in [9.17, 15) is 0 Å². The summed E-state index contributed by atoms with van der Waals surface area (Å²) in [6.45, 7) is 5.61. The SMILES string of the molecule is CCCc1nc(CC2CN(C)CCN2)cs1. The Morgan fingerprint density at radius 3 is 3.25 bits per heavy atom. The summed E-state index contributed by atoms with van der Waals surface area (Å²) in [7, 11) is 2.19. The fourth-order valence-corrected chi connectivity index (χ4v) is 3.07. The van der Waals surface area contributed by atoms with Crippen molar-refractivity contribution in [2.24, 2.45) is 0 Å². The lowest BCUT2D eigenvalue weighted by molar-refractivity contribution is 0.237. The lowest BCUT2D eigenvalue weighted by atomic mass is 10.1. The molecule has 3 nitrogen and oxygen atoms in total. The van der Waals surface area contributed by atoms with Crippen LogP contribution < -0.4 is 5.32 Å². The molecule has 16 heavy (non-hydrogen) atoms. The molecule has 1 unspecified atom stereocenters. The fraction of sp³-hybridized carbons (Fsp3) is 0.750. The van der Waals surface area contributed by atoms with Crippen LogP contribution in [0.5, 0.6) is 0 Å². The summed E-state index contributed by atoms with van der Waals surface area (Å²) in [6, 6.07) is 0.579. The Bertz CT molecular complexity index is 324. The second-order valence-electron chi connectivity index (χ2n) is 4.60. The summed E-state index contributed by atoms with van der Waals surface area (Å²) in [6.07, 6.45) is 3.39. The maximum atomic E-state index is 4.68. The van der Waals surface area contributed by atoms with Crippen LogP contribution in [0.25, 0.3) is 0 Å². The number of hydrogen-bond donors (Lipinski definition) is 1. The maximum absolute atomic E-state index is 4.68. The van der Waals surface area contributed by atoms with E-state index in [1.165, 1.54) is 17.1 Å². The minimum absolute atomic E-state index is 0.579. The predicted octanol–water partition coefficient (Wildman–Crippen LogP) is 1.54. The molecule has 90 valence electrons. The summed E-state index contributed by atoms with van der Waals surface area (Å²) in [4.78, 5) is 7.07. The van der Waals surface area contributed by atoms with Crippen LogP contribution in [0.15, 0.2) is 5.38 Å². The van der Waals surface area contributed by atoms with Gasteiger partial charge in [0.25, 0.3) is 0 Å². The van der Waals surface area contributed by atoms with Crippen LogP contribution in [0, 0.1) is 0 Å². The molecule has 1 atom stereocenters. The lowest BCUT2D eigenvalue weighted by Gasteiger charge is -2.30. The van der Waals surface area contributed by atoms with Crippen LogP contribution in [-0.4, -0.2) is 42.6 Å². The largest absolute Gasteiger partial charge is 0.311 e. The molecule has 0 radical (unpaired) electrons. The van der Waals surface area contributed by atoms with E-state index in [1.54, 1.807) is 0 Å². The molecule has 1 aromatic heterocycles. The van der Waals surface area contributed by atoms with Gasteiger partial charge < -0.3 is 10.2 Å². The molecule has 0 bridgehead atoms. The van der Waals surface area contributed by atoms with Gasteiger partial charge in [-0.3, -0.25) is 0 Å². The van der Waals surface area contributed by atoms with Gasteiger partial charge in [-0.15, -0.1) is 11.3 Å². The number of rotatable bonds is 4. The van der Waals surface area contributed by atoms with E-state index < -0.39 is 0 Å². The van der Waals surface area contributed by atoms with E-state index in [0.29, 0.717) is 6.04 Å². The van der Waals surface area contributed by atoms with Gasteiger partial charge in [0.05, 0.1) is 10.7 Å². The highest BCUT2D eigenvalue weighted by molar-refractivity contribution is 7.09. The highest BCUT2D eigenvalue weighted by atomic mass is 32.1. The quantitative estimate of drug-likeness (QED) is 0.864. The Labute approximate surface area is 102 Å². The maximum Gasteiger partial charge on any atom is 0.0928 e. The average molecular weight is 239 g/mol. The third-order valence-electron chi connectivity index (χ3n) is 2.98. The Balaban J connectivity index is 1.87. The first-order valence-electron chi connectivity index (χ1n) is 6.13. The molecule has 0 aromatic carbocycles. The Morgan fingerprint density at radius 2 is 2.50 bits per heavy atom. The van der Waals surface area contributed by atoms with E-state index in [2.05, 4.69) is 34.6 Å². The Kier molecular flexibility index (Phi) is 4.32. The lowest BCUT2D eigenvalue weighted by Crippen LogP contribution is -2.49. The molecule has 1 N–H and O–H groups in total. The van der Waals surface area contributed by atoms with Crippen molar-refractivity contribution in [3.8, 4) is 0 Å². The first-order chi connectivity index (χ1) is 7.78. The fourth-order valence-electron chi connectivity index (χ4n) is 2.15. The van der Waals surface area contributed by atoms with E-state index in [1.807, 2.05) is 11.3 Å². The monoisotopic (exact) mass is 239 g/mol. The molecule has 1 aliphatic rings.